The summed E-state index contributed by atoms with van der Waals surface area (Å²) >= 11 is 0. The van der Waals surface area contributed by atoms with Crippen molar-refractivity contribution < 1.29 is 19.3 Å². The molecular weight excluding hydrogens is 220 g/mol. The summed E-state index contributed by atoms with van der Waals surface area (Å²) in [6.07, 6.45) is 0.134. The molecule has 0 fully saturated rings. The lowest BCUT2D eigenvalue weighted by atomic mass is 9.95. The van der Waals surface area contributed by atoms with Crippen molar-refractivity contribution in [2.45, 2.75) is 19.4 Å². The van der Waals surface area contributed by atoms with Gasteiger partial charge in [0.2, 0.25) is 0 Å². The second-order valence-electron chi connectivity index (χ2n) is 4.16. The van der Waals surface area contributed by atoms with Crippen LogP contribution in [-0.2, 0) is 11.2 Å². The van der Waals surface area contributed by atoms with E-state index in [1.807, 2.05) is 13.0 Å². The Morgan fingerprint density at radius 2 is 2.12 bits per heavy atom. The fourth-order valence-corrected chi connectivity index (χ4v) is 2.33. The molecule has 4 nitrogen and oxygen atoms in total. The molecule has 0 spiro atoms. The first-order valence-corrected chi connectivity index (χ1v) is 5.69. The summed E-state index contributed by atoms with van der Waals surface area (Å²) in [5.41, 5.74) is 3.01. The summed E-state index contributed by atoms with van der Waals surface area (Å²) < 4.78 is 16.0. The second-order valence-corrected chi connectivity index (χ2v) is 4.16. The van der Waals surface area contributed by atoms with Gasteiger partial charge in [-0.1, -0.05) is 0 Å². The zero-order valence-corrected chi connectivity index (χ0v) is 10.4. The van der Waals surface area contributed by atoms with Gasteiger partial charge in [-0.25, -0.2) is 0 Å². The Morgan fingerprint density at radius 3 is 2.76 bits per heavy atom. The Morgan fingerprint density at radius 1 is 1.35 bits per heavy atom. The fraction of sp³-hybridized carbons (Fsp3) is 0.538. The molecule has 94 valence electrons. The molecule has 0 aromatic heterocycles. The van der Waals surface area contributed by atoms with E-state index < -0.39 is 6.10 Å². The average Bonchev–Trinajstić information content (AvgIpc) is 2.52. The summed E-state index contributed by atoms with van der Waals surface area (Å²) in [5.74, 6) is 1.27. The van der Waals surface area contributed by atoms with Gasteiger partial charge in [0.1, 0.15) is 6.10 Å². The largest absolute Gasteiger partial charge is 0.493 e. The van der Waals surface area contributed by atoms with Crippen LogP contribution in [0.25, 0.3) is 0 Å². The Labute approximate surface area is 101 Å². The van der Waals surface area contributed by atoms with Crippen molar-refractivity contribution in [2.75, 3.05) is 27.4 Å². The lowest BCUT2D eigenvalue weighted by Crippen LogP contribution is -2.09. The van der Waals surface area contributed by atoms with Gasteiger partial charge in [0.15, 0.2) is 11.5 Å². The van der Waals surface area contributed by atoms with Gasteiger partial charge < -0.3 is 19.3 Å². The minimum Gasteiger partial charge on any atom is -0.493 e. The molecule has 17 heavy (non-hydrogen) atoms. The van der Waals surface area contributed by atoms with Crippen molar-refractivity contribution in [3.05, 3.63) is 22.8 Å². The molecule has 0 radical (unpaired) electrons. The highest BCUT2D eigenvalue weighted by molar-refractivity contribution is 5.55. The van der Waals surface area contributed by atoms with Crippen molar-refractivity contribution in [3.63, 3.8) is 0 Å². The number of aryl methyl sites for hydroxylation is 1. The number of aliphatic hydroxyl groups excluding tert-OH is 1. The van der Waals surface area contributed by atoms with Crippen LogP contribution in [0.4, 0.5) is 0 Å². The third kappa shape index (κ3) is 2.10. The van der Waals surface area contributed by atoms with Crippen LogP contribution < -0.4 is 9.47 Å². The van der Waals surface area contributed by atoms with Crippen LogP contribution in [0.2, 0.25) is 0 Å². The van der Waals surface area contributed by atoms with Crippen LogP contribution in [0.3, 0.4) is 0 Å². The Balaban J connectivity index is 2.64. The molecule has 1 aromatic carbocycles. The number of benzene rings is 1. The molecule has 1 heterocycles. The SMILES string of the molecule is COc1cc(C)c2c(c1OC)C(O)COCC2. The number of ether oxygens (including phenoxy) is 3. The average molecular weight is 238 g/mol. The molecule has 1 N–H and O–H groups in total. The molecule has 0 bridgehead atoms. The molecule has 0 aliphatic carbocycles. The summed E-state index contributed by atoms with van der Waals surface area (Å²) in [7, 11) is 3.19. The molecule has 1 atom stereocenters. The maximum atomic E-state index is 10.1. The van der Waals surface area contributed by atoms with E-state index in [2.05, 4.69) is 0 Å². The molecule has 1 aliphatic heterocycles. The van der Waals surface area contributed by atoms with Gasteiger partial charge in [0.05, 0.1) is 27.4 Å². The van der Waals surface area contributed by atoms with Gasteiger partial charge in [-0.2, -0.15) is 0 Å². The van der Waals surface area contributed by atoms with E-state index >= 15 is 0 Å². The van der Waals surface area contributed by atoms with E-state index in [1.165, 1.54) is 0 Å². The number of hydrogen-bond acceptors (Lipinski definition) is 4. The van der Waals surface area contributed by atoms with Gasteiger partial charge in [-0.15, -0.1) is 0 Å². The number of rotatable bonds is 2. The summed E-state index contributed by atoms with van der Waals surface area (Å²) in [6, 6.07) is 1.94. The Kier molecular flexibility index (Phi) is 3.54. The molecule has 2 rings (SSSR count). The van der Waals surface area contributed by atoms with Gasteiger partial charge >= 0.3 is 0 Å². The van der Waals surface area contributed by atoms with Crippen LogP contribution in [0, 0.1) is 6.92 Å². The first kappa shape index (κ1) is 12.2. The molecule has 1 aromatic rings. The second kappa shape index (κ2) is 4.94. The van der Waals surface area contributed by atoms with Crippen LogP contribution in [0.5, 0.6) is 11.5 Å². The number of hydrogen-bond donors (Lipinski definition) is 1. The van der Waals surface area contributed by atoms with E-state index in [0.717, 1.165) is 23.1 Å². The van der Waals surface area contributed by atoms with Crippen LogP contribution >= 0.6 is 0 Å². The Hall–Kier alpha value is -1.26. The predicted molar refractivity (Wildman–Crippen MR) is 63.8 cm³/mol. The van der Waals surface area contributed by atoms with E-state index in [-0.39, 0.29) is 0 Å². The normalized spacial score (nSPS) is 19.4. The highest BCUT2D eigenvalue weighted by Gasteiger charge is 2.25. The first-order valence-electron chi connectivity index (χ1n) is 5.69. The number of aliphatic hydroxyl groups is 1. The maximum absolute atomic E-state index is 10.1. The van der Waals surface area contributed by atoms with Crippen LogP contribution in [0.15, 0.2) is 6.07 Å². The van der Waals surface area contributed by atoms with Crippen molar-refractivity contribution in [2.24, 2.45) is 0 Å². The highest BCUT2D eigenvalue weighted by atomic mass is 16.5. The summed E-state index contributed by atoms with van der Waals surface area (Å²) in [6.45, 7) is 2.94. The van der Waals surface area contributed by atoms with E-state index in [9.17, 15) is 5.11 Å². The highest BCUT2D eigenvalue weighted by Crippen LogP contribution is 2.40. The Bertz CT molecular complexity index is 414. The molecule has 1 unspecified atom stereocenters. The first-order chi connectivity index (χ1) is 8.19. The molecule has 0 saturated carbocycles. The van der Waals surface area contributed by atoms with Crippen LogP contribution in [-0.4, -0.2) is 32.5 Å². The lowest BCUT2D eigenvalue weighted by Gasteiger charge is -2.20. The van der Waals surface area contributed by atoms with Gasteiger partial charge in [0, 0.05) is 5.56 Å². The molecule has 0 amide bonds. The zero-order valence-electron chi connectivity index (χ0n) is 10.4. The van der Waals surface area contributed by atoms with E-state index in [1.54, 1.807) is 14.2 Å². The third-order valence-electron chi connectivity index (χ3n) is 3.15. The van der Waals surface area contributed by atoms with Crippen molar-refractivity contribution in [1.29, 1.82) is 0 Å². The summed E-state index contributed by atoms with van der Waals surface area (Å²) in [4.78, 5) is 0. The van der Waals surface area contributed by atoms with Crippen molar-refractivity contribution in [1.82, 2.24) is 0 Å². The topological polar surface area (TPSA) is 47.9 Å². The van der Waals surface area contributed by atoms with E-state index in [0.29, 0.717) is 24.7 Å². The monoisotopic (exact) mass is 238 g/mol. The molecule has 4 heteroatoms. The standard InChI is InChI=1S/C13H18O4/c1-8-6-11(15-2)13(16-3)12-9(8)4-5-17-7-10(12)14/h6,10,14H,4-5,7H2,1-3H3. The summed E-state index contributed by atoms with van der Waals surface area (Å²) in [5, 5.41) is 10.1. The van der Waals surface area contributed by atoms with Crippen LogP contribution in [0.1, 0.15) is 22.8 Å². The lowest BCUT2D eigenvalue weighted by molar-refractivity contribution is 0.0439. The number of methoxy groups -OCH3 is 2. The molecule has 1 aliphatic rings. The molecule has 0 saturated heterocycles. The zero-order chi connectivity index (χ0) is 12.4. The van der Waals surface area contributed by atoms with E-state index in [4.69, 9.17) is 14.2 Å². The molecular formula is C13H18O4. The van der Waals surface area contributed by atoms with Crippen molar-refractivity contribution in [3.8, 4) is 11.5 Å². The van der Waals surface area contributed by atoms with Gasteiger partial charge in [0.25, 0.3) is 0 Å². The minimum absolute atomic E-state index is 0.302. The minimum atomic E-state index is -0.656. The predicted octanol–water partition coefficient (Wildman–Crippen LogP) is 1.62. The fourth-order valence-electron chi connectivity index (χ4n) is 2.33. The maximum Gasteiger partial charge on any atom is 0.166 e. The third-order valence-corrected chi connectivity index (χ3v) is 3.15. The van der Waals surface area contributed by atoms with Gasteiger partial charge in [-0.3, -0.25) is 0 Å². The van der Waals surface area contributed by atoms with Gasteiger partial charge in [-0.05, 0) is 30.5 Å². The number of fused-ring (bicyclic) bond motifs is 1. The quantitative estimate of drug-likeness (QED) is 0.850. The van der Waals surface area contributed by atoms with Crippen molar-refractivity contribution >= 4 is 0 Å². The smallest absolute Gasteiger partial charge is 0.166 e.